The molecule has 26 heavy (non-hydrogen) atoms. The van der Waals surface area contributed by atoms with Crippen molar-refractivity contribution in [1.29, 1.82) is 0 Å². The van der Waals surface area contributed by atoms with E-state index in [0.717, 1.165) is 38.3 Å². The molecule has 0 spiro atoms. The van der Waals surface area contributed by atoms with E-state index >= 15 is 0 Å². The minimum Gasteiger partial charge on any atom is -0.490 e. The van der Waals surface area contributed by atoms with Gasteiger partial charge >= 0.3 is 0 Å². The fourth-order valence-corrected chi connectivity index (χ4v) is 3.02. The van der Waals surface area contributed by atoms with Crippen LogP contribution in [0.4, 0.5) is 0 Å². The molecular weight excluding hydrogens is 332 g/mol. The summed E-state index contributed by atoms with van der Waals surface area (Å²) in [6.45, 7) is 7.69. The molecule has 146 valence electrons. The first-order valence-corrected chi connectivity index (χ1v) is 9.43. The number of carbonyl (C=O) groups is 1. The van der Waals surface area contributed by atoms with Crippen LogP contribution >= 0.6 is 0 Å². The van der Waals surface area contributed by atoms with Crippen LogP contribution in [-0.2, 0) is 16.1 Å². The molecule has 1 aliphatic rings. The van der Waals surface area contributed by atoms with Crippen LogP contribution in [0.5, 0.6) is 11.5 Å². The molecule has 0 aromatic heterocycles. The zero-order valence-corrected chi connectivity index (χ0v) is 16.4. The zero-order valence-electron chi connectivity index (χ0n) is 16.4. The molecular formula is C20H32N2O4. The van der Waals surface area contributed by atoms with Crippen LogP contribution < -0.4 is 14.8 Å². The highest BCUT2D eigenvalue weighted by Gasteiger charge is 2.19. The van der Waals surface area contributed by atoms with Gasteiger partial charge in [0, 0.05) is 33.8 Å². The second-order valence-electron chi connectivity index (χ2n) is 6.92. The Kier molecular flexibility index (Phi) is 8.19. The van der Waals surface area contributed by atoms with E-state index in [1.54, 1.807) is 21.0 Å². The highest BCUT2D eigenvalue weighted by atomic mass is 16.5. The summed E-state index contributed by atoms with van der Waals surface area (Å²) in [6, 6.07) is 5.87. The molecule has 1 amide bonds. The quantitative estimate of drug-likeness (QED) is 0.729. The first-order valence-electron chi connectivity index (χ1n) is 9.43. The monoisotopic (exact) mass is 364 g/mol. The van der Waals surface area contributed by atoms with Gasteiger partial charge in [0.15, 0.2) is 17.6 Å². The van der Waals surface area contributed by atoms with E-state index in [4.69, 9.17) is 14.2 Å². The third-order valence-electron chi connectivity index (χ3n) is 4.42. The molecule has 1 heterocycles. The van der Waals surface area contributed by atoms with E-state index in [2.05, 4.69) is 5.32 Å². The third-order valence-corrected chi connectivity index (χ3v) is 4.42. The summed E-state index contributed by atoms with van der Waals surface area (Å²) in [6.07, 6.45) is 1.82. The highest BCUT2D eigenvalue weighted by molar-refractivity contribution is 5.80. The first-order chi connectivity index (χ1) is 12.5. The topological polar surface area (TPSA) is 60.0 Å². The third kappa shape index (κ3) is 6.18. The first kappa shape index (κ1) is 20.5. The molecule has 0 aliphatic carbocycles. The largest absolute Gasteiger partial charge is 0.490 e. The van der Waals surface area contributed by atoms with Gasteiger partial charge in [0.25, 0.3) is 5.91 Å². The van der Waals surface area contributed by atoms with E-state index in [-0.39, 0.29) is 5.91 Å². The Morgan fingerprint density at radius 2 is 2.19 bits per heavy atom. The van der Waals surface area contributed by atoms with Gasteiger partial charge < -0.3 is 24.4 Å². The van der Waals surface area contributed by atoms with Gasteiger partial charge in [-0.15, -0.1) is 0 Å². The van der Waals surface area contributed by atoms with E-state index < -0.39 is 6.10 Å². The molecule has 2 atom stereocenters. The fraction of sp³-hybridized carbons (Fsp3) is 0.650. The van der Waals surface area contributed by atoms with Crippen LogP contribution in [0.2, 0.25) is 0 Å². The molecule has 1 N–H and O–H groups in total. The van der Waals surface area contributed by atoms with Crippen molar-refractivity contribution in [3.8, 4) is 11.5 Å². The molecule has 1 saturated heterocycles. The van der Waals surface area contributed by atoms with Gasteiger partial charge in [0.2, 0.25) is 0 Å². The Bertz CT molecular complexity index is 571. The van der Waals surface area contributed by atoms with Gasteiger partial charge in [0.1, 0.15) is 0 Å². The van der Waals surface area contributed by atoms with Crippen molar-refractivity contribution < 1.29 is 19.0 Å². The zero-order chi connectivity index (χ0) is 18.9. The van der Waals surface area contributed by atoms with Gasteiger partial charge in [-0.1, -0.05) is 6.07 Å². The SMILES string of the molecule is CCOc1cc(CNCC2CCCOC2)ccc1OC(C)C(=O)N(C)C. The lowest BCUT2D eigenvalue weighted by Crippen LogP contribution is -2.35. The normalized spacial score (nSPS) is 18.2. The Morgan fingerprint density at radius 3 is 2.85 bits per heavy atom. The van der Waals surface area contributed by atoms with E-state index in [0.29, 0.717) is 24.0 Å². The molecule has 1 fully saturated rings. The average molecular weight is 364 g/mol. The predicted octanol–water partition coefficient (Wildman–Crippen LogP) is 2.46. The van der Waals surface area contributed by atoms with Crippen LogP contribution in [0, 0.1) is 5.92 Å². The van der Waals surface area contributed by atoms with Gasteiger partial charge in [-0.3, -0.25) is 4.79 Å². The number of likely N-dealkylation sites (N-methyl/N-ethyl adjacent to an activating group) is 1. The molecule has 2 rings (SSSR count). The number of amides is 1. The summed E-state index contributed by atoms with van der Waals surface area (Å²) >= 11 is 0. The van der Waals surface area contributed by atoms with E-state index in [1.165, 1.54) is 11.3 Å². The molecule has 1 aromatic rings. The van der Waals surface area contributed by atoms with E-state index in [9.17, 15) is 4.79 Å². The van der Waals surface area contributed by atoms with Crippen LogP contribution in [-0.4, -0.2) is 57.4 Å². The minimum absolute atomic E-state index is 0.0760. The molecule has 0 saturated carbocycles. The number of hydrogen-bond acceptors (Lipinski definition) is 5. The number of rotatable bonds is 9. The number of benzene rings is 1. The average Bonchev–Trinajstić information content (AvgIpc) is 2.64. The van der Waals surface area contributed by atoms with Gasteiger partial charge in [0.05, 0.1) is 13.2 Å². The molecule has 6 nitrogen and oxygen atoms in total. The van der Waals surface area contributed by atoms with Crippen molar-refractivity contribution in [2.24, 2.45) is 5.92 Å². The van der Waals surface area contributed by atoms with Crippen LogP contribution in [0.3, 0.4) is 0 Å². The Labute approximate surface area is 156 Å². The van der Waals surface area contributed by atoms with Crippen molar-refractivity contribution in [2.75, 3.05) is 40.5 Å². The number of nitrogens with zero attached hydrogens (tertiary/aromatic N) is 1. The molecule has 1 aliphatic heterocycles. The summed E-state index contributed by atoms with van der Waals surface area (Å²) in [5, 5.41) is 3.50. The molecule has 1 aromatic carbocycles. The van der Waals surface area contributed by atoms with Crippen LogP contribution in [0.1, 0.15) is 32.3 Å². The summed E-state index contributed by atoms with van der Waals surface area (Å²) in [5.41, 5.74) is 1.13. The summed E-state index contributed by atoms with van der Waals surface area (Å²) < 4.78 is 17.1. The Hall–Kier alpha value is -1.79. The highest BCUT2D eigenvalue weighted by Crippen LogP contribution is 2.29. The number of carbonyl (C=O) groups excluding carboxylic acids is 1. The predicted molar refractivity (Wildman–Crippen MR) is 102 cm³/mol. The van der Waals surface area contributed by atoms with Gasteiger partial charge in [-0.05, 0) is 50.3 Å². The number of nitrogens with one attached hydrogen (secondary N) is 1. The number of hydrogen-bond donors (Lipinski definition) is 1. The smallest absolute Gasteiger partial charge is 0.262 e. The Balaban J connectivity index is 1.94. The van der Waals surface area contributed by atoms with Crippen molar-refractivity contribution >= 4 is 5.91 Å². The van der Waals surface area contributed by atoms with Crippen molar-refractivity contribution in [3.63, 3.8) is 0 Å². The molecule has 0 bridgehead atoms. The van der Waals surface area contributed by atoms with Gasteiger partial charge in [-0.25, -0.2) is 0 Å². The standard InChI is InChI=1S/C20H32N2O4/c1-5-25-19-11-16(12-21-13-17-7-6-10-24-14-17)8-9-18(19)26-15(2)20(23)22(3)4/h8-9,11,15,17,21H,5-7,10,12-14H2,1-4H3. The van der Waals surface area contributed by atoms with Crippen LogP contribution in [0.15, 0.2) is 18.2 Å². The van der Waals surface area contributed by atoms with E-state index in [1.807, 2.05) is 25.1 Å². The minimum atomic E-state index is -0.556. The lowest BCUT2D eigenvalue weighted by Gasteiger charge is -2.22. The number of ether oxygens (including phenoxy) is 3. The molecule has 0 radical (unpaired) electrons. The summed E-state index contributed by atoms with van der Waals surface area (Å²) in [4.78, 5) is 13.5. The summed E-state index contributed by atoms with van der Waals surface area (Å²) in [5.74, 6) is 1.79. The second kappa shape index (κ2) is 10.4. The lowest BCUT2D eigenvalue weighted by molar-refractivity contribution is -0.135. The van der Waals surface area contributed by atoms with Gasteiger partial charge in [-0.2, -0.15) is 0 Å². The maximum Gasteiger partial charge on any atom is 0.262 e. The maximum absolute atomic E-state index is 12.0. The lowest BCUT2D eigenvalue weighted by atomic mass is 10.0. The Morgan fingerprint density at radius 1 is 1.38 bits per heavy atom. The van der Waals surface area contributed by atoms with Crippen LogP contribution in [0.25, 0.3) is 0 Å². The fourth-order valence-electron chi connectivity index (χ4n) is 3.02. The molecule has 6 heteroatoms. The molecule has 2 unspecified atom stereocenters. The summed E-state index contributed by atoms with van der Waals surface area (Å²) in [7, 11) is 3.44. The van der Waals surface area contributed by atoms with Crippen molar-refractivity contribution in [2.45, 2.75) is 39.3 Å². The maximum atomic E-state index is 12.0. The van der Waals surface area contributed by atoms with Crippen molar-refractivity contribution in [1.82, 2.24) is 10.2 Å². The van der Waals surface area contributed by atoms with Crippen molar-refractivity contribution in [3.05, 3.63) is 23.8 Å². The second-order valence-corrected chi connectivity index (χ2v) is 6.92.